The molecule has 0 atom stereocenters. The number of benzene rings is 7. The van der Waals surface area contributed by atoms with Crippen molar-refractivity contribution < 1.29 is 4.42 Å². The number of anilines is 3. The molecule has 4 fully saturated rings. The van der Waals surface area contributed by atoms with Gasteiger partial charge in [0.2, 0.25) is 0 Å². The van der Waals surface area contributed by atoms with Gasteiger partial charge >= 0.3 is 0 Å². The Morgan fingerprint density at radius 1 is 0.473 bits per heavy atom. The van der Waals surface area contributed by atoms with Crippen molar-refractivity contribution in [2.75, 3.05) is 4.90 Å². The summed E-state index contributed by atoms with van der Waals surface area (Å²) in [5.41, 5.74) is 13.1. The van der Waals surface area contributed by atoms with Gasteiger partial charge < -0.3 is 13.9 Å². The molecule has 3 nitrogen and oxygen atoms in total. The van der Waals surface area contributed by atoms with Crippen LogP contribution in [0.1, 0.15) is 44.1 Å². The van der Waals surface area contributed by atoms with Crippen LogP contribution >= 0.6 is 0 Å². The second-order valence-electron chi connectivity index (χ2n) is 16.8. The largest absolute Gasteiger partial charge is 0.456 e. The highest BCUT2D eigenvalue weighted by atomic mass is 16.3. The van der Waals surface area contributed by atoms with Crippen LogP contribution in [-0.4, -0.2) is 4.57 Å². The number of furan rings is 1. The molecule has 55 heavy (non-hydrogen) atoms. The van der Waals surface area contributed by atoms with Crippen LogP contribution in [0, 0.1) is 17.8 Å². The van der Waals surface area contributed by atoms with E-state index in [1.807, 2.05) is 0 Å². The van der Waals surface area contributed by atoms with E-state index in [1.165, 1.54) is 77.1 Å². The molecule has 0 spiro atoms. The summed E-state index contributed by atoms with van der Waals surface area (Å²) >= 11 is 0. The summed E-state index contributed by atoms with van der Waals surface area (Å²) in [5, 5.41) is 4.77. The Morgan fingerprint density at radius 3 is 1.69 bits per heavy atom. The molecule has 9 aromatic rings. The Hall–Kier alpha value is -6.06. The topological polar surface area (TPSA) is 21.3 Å². The van der Waals surface area contributed by atoms with Crippen molar-refractivity contribution >= 4 is 60.8 Å². The summed E-state index contributed by atoms with van der Waals surface area (Å²) in [6.07, 6.45) is 8.53. The molecule has 266 valence electrons. The third-order valence-electron chi connectivity index (χ3n) is 13.5. The lowest BCUT2D eigenvalue weighted by Gasteiger charge is -2.57. The van der Waals surface area contributed by atoms with Crippen LogP contribution in [0.3, 0.4) is 0 Å². The third-order valence-corrected chi connectivity index (χ3v) is 13.5. The fourth-order valence-corrected chi connectivity index (χ4v) is 11.6. The van der Waals surface area contributed by atoms with E-state index < -0.39 is 0 Å². The Bertz CT molecular complexity index is 2810. The van der Waals surface area contributed by atoms with E-state index in [0.717, 1.165) is 56.8 Å². The molecule has 13 rings (SSSR count). The maximum atomic E-state index is 6.77. The molecule has 4 bridgehead atoms. The van der Waals surface area contributed by atoms with E-state index in [1.54, 1.807) is 5.56 Å². The van der Waals surface area contributed by atoms with Crippen molar-refractivity contribution in [2.24, 2.45) is 17.8 Å². The van der Waals surface area contributed by atoms with Crippen LogP contribution in [-0.2, 0) is 5.41 Å². The highest BCUT2D eigenvalue weighted by molar-refractivity contribution is 6.14. The minimum Gasteiger partial charge on any atom is -0.456 e. The standard InChI is InChI=1S/C52H42N2O/c1-2-9-37(10-3-1)38-17-21-40(22-18-38)53(41-23-19-39(20-24-41)52-31-34-27-35(32-52)29-36(28-34)33-52)42-25-26-45-50(30-42)55-49-16-8-15-48(51(45)49)54-46-13-6-4-11-43(46)44-12-5-7-14-47(44)54/h1-26,30,34-36H,27-29,31-33H2. The molecule has 0 unspecified atom stereocenters. The molecule has 4 aliphatic carbocycles. The molecule has 7 aromatic carbocycles. The van der Waals surface area contributed by atoms with Crippen LogP contribution < -0.4 is 4.90 Å². The van der Waals surface area contributed by atoms with Gasteiger partial charge in [-0.1, -0.05) is 97.1 Å². The van der Waals surface area contributed by atoms with Gasteiger partial charge in [0.05, 0.1) is 22.1 Å². The van der Waals surface area contributed by atoms with Gasteiger partial charge in [-0.05, 0) is 139 Å². The zero-order chi connectivity index (χ0) is 36.1. The van der Waals surface area contributed by atoms with Crippen LogP contribution in [0.15, 0.2) is 168 Å². The van der Waals surface area contributed by atoms with Gasteiger partial charge in [0, 0.05) is 39.3 Å². The van der Waals surface area contributed by atoms with Crippen molar-refractivity contribution in [3.8, 4) is 16.8 Å². The van der Waals surface area contributed by atoms with Gasteiger partial charge in [-0.25, -0.2) is 0 Å². The molecule has 4 aliphatic rings. The Kier molecular flexibility index (Phi) is 6.81. The van der Waals surface area contributed by atoms with Crippen molar-refractivity contribution in [3.05, 3.63) is 169 Å². The molecule has 3 heteroatoms. The smallest absolute Gasteiger partial charge is 0.137 e. The van der Waals surface area contributed by atoms with Crippen molar-refractivity contribution in [2.45, 2.75) is 43.9 Å². The predicted molar refractivity (Wildman–Crippen MR) is 228 cm³/mol. The summed E-state index contributed by atoms with van der Waals surface area (Å²) in [5.74, 6) is 2.78. The van der Waals surface area contributed by atoms with Gasteiger partial charge in [0.1, 0.15) is 11.2 Å². The van der Waals surface area contributed by atoms with E-state index in [9.17, 15) is 0 Å². The second-order valence-corrected chi connectivity index (χ2v) is 16.8. The molecule has 2 aromatic heterocycles. The van der Waals surface area contributed by atoms with Gasteiger partial charge in [0.15, 0.2) is 0 Å². The second kappa shape index (κ2) is 12.0. The van der Waals surface area contributed by atoms with Gasteiger partial charge in [0.25, 0.3) is 0 Å². The molecular formula is C52H42N2O. The lowest BCUT2D eigenvalue weighted by atomic mass is 9.48. The van der Waals surface area contributed by atoms with Crippen molar-refractivity contribution in [1.82, 2.24) is 4.57 Å². The van der Waals surface area contributed by atoms with E-state index >= 15 is 0 Å². The van der Waals surface area contributed by atoms with Gasteiger partial charge in [-0.2, -0.15) is 0 Å². The number of hydrogen-bond acceptors (Lipinski definition) is 2. The number of para-hydroxylation sites is 2. The molecule has 0 radical (unpaired) electrons. The van der Waals surface area contributed by atoms with Crippen molar-refractivity contribution in [1.29, 1.82) is 0 Å². The highest BCUT2D eigenvalue weighted by Gasteiger charge is 2.51. The van der Waals surface area contributed by atoms with Crippen LogP contribution in [0.25, 0.3) is 60.6 Å². The summed E-state index contributed by atoms with van der Waals surface area (Å²) < 4.78 is 9.18. The number of rotatable bonds is 6. The first-order chi connectivity index (χ1) is 27.2. The minimum atomic E-state index is 0.372. The van der Waals surface area contributed by atoms with Gasteiger partial charge in [-0.3, -0.25) is 0 Å². The quantitative estimate of drug-likeness (QED) is 0.171. The molecule has 4 saturated carbocycles. The summed E-state index contributed by atoms with van der Waals surface area (Å²) in [7, 11) is 0. The van der Waals surface area contributed by atoms with E-state index in [2.05, 4.69) is 173 Å². The number of aromatic nitrogens is 1. The molecule has 0 aliphatic heterocycles. The number of fused-ring (bicyclic) bond motifs is 6. The maximum Gasteiger partial charge on any atom is 0.137 e. The first kappa shape index (κ1) is 31.3. The molecule has 0 amide bonds. The van der Waals surface area contributed by atoms with Crippen LogP contribution in [0.5, 0.6) is 0 Å². The maximum absolute atomic E-state index is 6.77. The Morgan fingerprint density at radius 2 is 1.04 bits per heavy atom. The molecule has 2 heterocycles. The highest BCUT2D eigenvalue weighted by Crippen LogP contribution is 2.61. The molecular weight excluding hydrogens is 669 g/mol. The lowest BCUT2D eigenvalue weighted by Crippen LogP contribution is -2.48. The van der Waals surface area contributed by atoms with E-state index in [-0.39, 0.29) is 0 Å². The molecule has 0 N–H and O–H groups in total. The average molecular weight is 711 g/mol. The summed E-state index contributed by atoms with van der Waals surface area (Å²) in [6.45, 7) is 0. The lowest BCUT2D eigenvalue weighted by molar-refractivity contribution is -0.00518. The monoisotopic (exact) mass is 710 g/mol. The Labute approximate surface area is 321 Å². The van der Waals surface area contributed by atoms with Crippen LogP contribution in [0.2, 0.25) is 0 Å². The average Bonchev–Trinajstić information content (AvgIpc) is 3.77. The number of hydrogen-bond donors (Lipinski definition) is 0. The van der Waals surface area contributed by atoms with Crippen molar-refractivity contribution in [3.63, 3.8) is 0 Å². The SMILES string of the molecule is c1ccc(-c2ccc(N(c3ccc(C45CC6CC(CC(C6)C4)C5)cc3)c3ccc4c(c3)oc3cccc(-n5c6ccccc6c6ccccc65)c34)cc2)cc1. The first-order valence-corrected chi connectivity index (χ1v) is 20.2. The zero-order valence-corrected chi connectivity index (χ0v) is 30.9. The first-order valence-electron chi connectivity index (χ1n) is 20.2. The van der Waals surface area contributed by atoms with Gasteiger partial charge in [-0.15, -0.1) is 0 Å². The predicted octanol–water partition coefficient (Wildman–Crippen LogP) is 14.3. The normalized spacial score (nSPS) is 21.6. The Balaban J connectivity index is 0.992. The zero-order valence-electron chi connectivity index (χ0n) is 30.9. The minimum absolute atomic E-state index is 0.372. The summed E-state index contributed by atoms with van der Waals surface area (Å²) in [6, 6.07) is 60.0. The number of nitrogens with zero attached hydrogens (tertiary/aromatic N) is 2. The van der Waals surface area contributed by atoms with Crippen LogP contribution in [0.4, 0.5) is 17.1 Å². The van der Waals surface area contributed by atoms with E-state index in [4.69, 9.17) is 4.42 Å². The fourth-order valence-electron chi connectivity index (χ4n) is 11.6. The summed E-state index contributed by atoms with van der Waals surface area (Å²) in [4.78, 5) is 2.40. The fraction of sp³-hybridized carbons (Fsp3) is 0.192. The molecule has 0 saturated heterocycles. The van der Waals surface area contributed by atoms with E-state index in [0.29, 0.717) is 5.41 Å². The third kappa shape index (κ3) is 4.88.